The fraction of sp³-hybridized carbons (Fsp3) is 0.423. The van der Waals surface area contributed by atoms with Gasteiger partial charge in [-0.3, -0.25) is 9.69 Å². The number of fused-ring (bicyclic) bond motifs is 1. The van der Waals surface area contributed by atoms with Gasteiger partial charge in [0.2, 0.25) is 0 Å². The summed E-state index contributed by atoms with van der Waals surface area (Å²) in [6.07, 6.45) is -1.22. The number of thioether (sulfide) groups is 1. The first-order chi connectivity index (χ1) is 18.5. The largest absolute Gasteiger partial charge is 0.478 e. The number of benzene rings is 1. The first-order valence-corrected chi connectivity index (χ1v) is 14.2. The summed E-state index contributed by atoms with van der Waals surface area (Å²) in [6, 6.07) is 7.52. The zero-order valence-electron chi connectivity index (χ0n) is 21.1. The number of unbranched alkanes of at least 4 members (excludes halogenated alkanes) is 1. The molecule has 0 aliphatic carbocycles. The predicted octanol–water partition coefficient (Wildman–Crippen LogP) is 4.63. The molecule has 212 valence electrons. The van der Waals surface area contributed by atoms with Crippen molar-refractivity contribution >= 4 is 46.6 Å². The zero-order chi connectivity index (χ0) is 28.4. The second-order valence-electron chi connectivity index (χ2n) is 8.86. The molecule has 8 nitrogen and oxygen atoms in total. The lowest BCUT2D eigenvalue weighted by Crippen LogP contribution is -2.46. The van der Waals surface area contributed by atoms with Crippen molar-refractivity contribution in [3.8, 4) is 0 Å². The molecule has 39 heavy (non-hydrogen) atoms. The number of hydrogen-bond acceptors (Lipinski definition) is 7. The Balaban J connectivity index is 0.000000459. The highest BCUT2D eigenvalue weighted by Gasteiger charge is 2.31. The Morgan fingerprint density at radius 2 is 1.62 bits per heavy atom. The Kier molecular flexibility index (Phi) is 11.3. The van der Waals surface area contributed by atoms with Crippen LogP contribution in [0, 0.1) is 0 Å². The molecule has 2 aliphatic rings. The van der Waals surface area contributed by atoms with Crippen molar-refractivity contribution in [2.75, 3.05) is 56.5 Å². The average molecular weight is 586 g/mol. The molecule has 2 aromatic rings. The molecule has 1 amide bonds. The summed E-state index contributed by atoms with van der Waals surface area (Å²) in [4.78, 5) is 38.1. The lowest BCUT2D eigenvalue weighted by Gasteiger charge is -2.36. The Labute approximate surface area is 232 Å². The van der Waals surface area contributed by atoms with Gasteiger partial charge in [0.25, 0.3) is 5.91 Å². The Morgan fingerprint density at radius 3 is 2.26 bits per heavy atom. The number of carboxylic acids is 2. The molecule has 3 heterocycles. The Morgan fingerprint density at radius 1 is 0.949 bits per heavy atom. The number of nitrogens with zero attached hydrogens (tertiary/aromatic N) is 3. The summed E-state index contributed by atoms with van der Waals surface area (Å²) in [7, 11) is 0. The maximum atomic E-state index is 13.0. The molecule has 2 aliphatic heterocycles. The van der Waals surface area contributed by atoms with E-state index in [0.717, 1.165) is 80.2 Å². The van der Waals surface area contributed by atoms with Crippen molar-refractivity contribution in [2.45, 2.75) is 23.2 Å². The van der Waals surface area contributed by atoms with Crippen LogP contribution in [-0.4, -0.2) is 89.4 Å². The summed E-state index contributed by atoms with van der Waals surface area (Å²) < 4.78 is 40.0. The van der Waals surface area contributed by atoms with Crippen molar-refractivity contribution in [2.24, 2.45) is 0 Å². The number of alkyl halides is 3. The van der Waals surface area contributed by atoms with Gasteiger partial charge in [-0.05, 0) is 49.0 Å². The number of aliphatic carboxylic acids is 2. The van der Waals surface area contributed by atoms with Crippen LogP contribution < -0.4 is 4.90 Å². The van der Waals surface area contributed by atoms with E-state index in [1.165, 1.54) is 12.1 Å². The second kappa shape index (κ2) is 14.4. The van der Waals surface area contributed by atoms with Crippen molar-refractivity contribution in [1.82, 2.24) is 9.80 Å². The summed E-state index contributed by atoms with van der Waals surface area (Å²) in [5, 5.41) is 17.6. The predicted molar refractivity (Wildman–Crippen MR) is 145 cm³/mol. The van der Waals surface area contributed by atoms with Crippen LogP contribution in [0.2, 0.25) is 0 Å². The van der Waals surface area contributed by atoms with Gasteiger partial charge in [0.15, 0.2) is 0 Å². The van der Waals surface area contributed by atoms with Crippen LogP contribution in [0.4, 0.5) is 18.9 Å². The Bertz CT molecular complexity index is 1150. The number of rotatable bonds is 8. The maximum Gasteiger partial charge on any atom is 0.416 e. The Hall–Kier alpha value is -3.03. The van der Waals surface area contributed by atoms with Crippen molar-refractivity contribution in [3.63, 3.8) is 0 Å². The molecule has 0 saturated carbocycles. The SMILES string of the molecule is O=C(O)C=CC(=O)O.O=C1c2ccsc2SCCN1CCCCN1CCN(c2cccc(C(F)(F)F)c2)CC1. The van der Waals surface area contributed by atoms with Gasteiger partial charge >= 0.3 is 18.1 Å². The minimum Gasteiger partial charge on any atom is -0.478 e. The van der Waals surface area contributed by atoms with Crippen LogP contribution in [-0.2, 0) is 15.8 Å². The van der Waals surface area contributed by atoms with Gasteiger partial charge in [-0.1, -0.05) is 6.07 Å². The van der Waals surface area contributed by atoms with Gasteiger partial charge < -0.3 is 20.0 Å². The van der Waals surface area contributed by atoms with E-state index in [2.05, 4.69) is 4.90 Å². The van der Waals surface area contributed by atoms with Crippen molar-refractivity contribution in [1.29, 1.82) is 0 Å². The van der Waals surface area contributed by atoms with E-state index in [9.17, 15) is 27.6 Å². The van der Waals surface area contributed by atoms with Crippen LogP contribution in [0.3, 0.4) is 0 Å². The van der Waals surface area contributed by atoms with E-state index in [1.807, 2.05) is 21.2 Å². The summed E-state index contributed by atoms with van der Waals surface area (Å²) in [5.41, 5.74) is 0.890. The molecule has 0 spiro atoms. The van der Waals surface area contributed by atoms with Crippen LogP contribution in [0.15, 0.2) is 52.1 Å². The van der Waals surface area contributed by atoms with E-state index in [4.69, 9.17) is 10.2 Å². The van der Waals surface area contributed by atoms with Crippen molar-refractivity contribution < 1.29 is 37.8 Å². The molecule has 0 bridgehead atoms. The lowest BCUT2D eigenvalue weighted by molar-refractivity contribution is -0.137. The molecular weight excluding hydrogens is 555 g/mol. The highest BCUT2D eigenvalue weighted by atomic mass is 32.2. The average Bonchev–Trinajstić information content (AvgIpc) is 3.32. The second-order valence-corrected chi connectivity index (χ2v) is 11.1. The highest BCUT2D eigenvalue weighted by molar-refractivity contribution is 8.01. The van der Waals surface area contributed by atoms with E-state index in [1.54, 1.807) is 29.2 Å². The van der Waals surface area contributed by atoms with Crippen LogP contribution in [0.25, 0.3) is 0 Å². The summed E-state index contributed by atoms with van der Waals surface area (Å²) >= 11 is 3.41. The molecule has 1 fully saturated rings. The highest BCUT2D eigenvalue weighted by Crippen LogP contribution is 2.33. The standard InChI is InChI=1S/C22H26F3N3OS2.C4H4O4/c23-22(24,25)17-4-3-5-18(16-17)27-11-9-26(10-12-27)7-1-2-8-28-13-15-31-21-19(20(28)29)6-14-30-21;5-3(6)1-2-4(7)8/h3-6,14,16H,1-2,7-13,15H2;1-2H,(H,5,6)(H,7,8). The van der Waals surface area contributed by atoms with E-state index in [-0.39, 0.29) is 5.91 Å². The number of anilines is 1. The molecule has 0 atom stereocenters. The van der Waals surface area contributed by atoms with Crippen LogP contribution in [0.1, 0.15) is 28.8 Å². The van der Waals surface area contributed by atoms with E-state index >= 15 is 0 Å². The minimum absolute atomic E-state index is 0.149. The normalized spacial score (nSPS) is 16.4. The number of carbonyl (C=O) groups excluding carboxylic acids is 1. The first kappa shape index (κ1) is 30.5. The third-order valence-corrected chi connectivity index (χ3v) is 8.39. The van der Waals surface area contributed by atoms with Gasteiger partial charge in [-0.2, -0.15) is 13.2 Å². The lowest BCUT2D eigenvalue weighted by atomic mass is 10.1. The molecule has 1 aromatic heterocycles. The van der Waals surface area contributed by atoms with Crippen LogP contribution in [0.5, 0.6) is 0 Å². The molecule has 13 heteroatoms. The number of carbonyl (C=O) groups is 3. The number of thiophene rings is 1. The van der Waals surface area contributed by atoms with Gasteiger partial charge in [-0.15, -0.1) is 23.1 Å². The number of hydrogen-bond donors (Lipinski definition) is 2. The van der Waals surface area contributed by atoms with Crippen LogP contribution >= 0.6 is 23.1 Å². The molecule has 0 radical (unpaired) electrons. The van der Waals surface area contributed by atoms with Gasteiger partial charge in [0.1, 0.15) is 0 Å². The van der Waals surface area contributed by atoms with Crippen molar-refractivity contribution in [3.05, 3.63) is 59.0 Å². The molecule has 1 saturated heterocycles. The van der Waals surface area contributed by atoms with E-state index in [0.29, 0.717) is 17.8 Å². The van der Waals surface area contributed by atoms with Gasteiger partial charge in [0, 0.05) is 62.9 Å². The maximum absolute atomic E-state index is 13.0. The quantitative estimate of drug-likeness (QED) is 0.342. The van der Waals surface area contributed by atoms with E-state index < -0.39 is 23.7 Å². The third kappa shape index (κ3) is 9.59. The zero-order valence-corrected chi connectivity index (χ0v) is 22.7. The molecule has 1 aromatic carbocycles. The molecule has 2 N–H and O–H groups in total. The number of halogens is 3. The summed E-state index contributed by atoms with van der Waals surface area (Å²) in [5.74, 6) is -1.42. The summed E-state index contributed by atoms with van der Waals surface area (Å²) in [6.45, 7) is 5.66. The van der Waals surface area contributed by atoms with Gasteiger partial charge in [0.05, 0.1) is 15.3 Å². The minimum atomic E-state index is -4.31. The number of amides is 1. The molecular formula is C26H30F3N3O5S2. The number of carboxylic acid groups (broad SMARTS) is 2. The number of piperazine rings is 1. The smallest absolute Gasteiger partial charge is 0.416 e. The fourth-order valence-corrected chi connectivity index (χ4v) is 6.30. The van der Waals surface area contributed by atoms with Gasteiger partial charge in [-0.25, -0.2) is 9.59 Å². The fourth-order valence-electron chi connectivity index (χ4n) is 4.19. The third-order valence-electron chi connectivity index (χ3n) is 6.17. The molecule has 4 rings (SSSR count). The molecule has 0 unspecified atom stereocenters. The monoisotopic (exact) mass is 585 g/mol. The first-order valence-electron chi connectivity index (χ1n) is 12.3. The topological polar surface area (TPSA) is 101 Å².